The monoisotopic (exact) mass is 378 g/mol. The lowest BCUT2D eigenvalue weighted by Crippen LogP contribution is -2.30. The number of nitrogens with zero attached hydrogens (tertiary/aromatic N) is 3. The fourth-order valence-electron chi connectivity index (χ4n) is 2.61. The van der Waals surface area contributed by atoms with Gasteiger partial charge >= 0.3 is 0 Å². The highest BCUT2D eigenvalue weighted by atomic mass is 32.2. The molecule has 0 bridgehead atoms. The third kappa shape index (κ3) is 4.86. The Morgan fingerprint density at radius 2 is 1.81 bits per heavy atom. The molecule has 0 aliphatic rings. The van der Waals surface area contributed by atoms with E-state index in [1.54, 1.807) is 6.08 Å². The average Bonchev–Trinajstić information content (AvgIpc) is 3.10. The van der Waals surface area contributed by atoms with Crippen molar-refractivity contribution in [2.75, 3.05) is 0 Å². The van der Waals surface area contributed by atoms with Crippen molar-refractivity contribution < 1.29 is 4.79 Å². The van der Waals surface area contributed by atoms with Gasteiger partial charge in [-0.25, -0.2) is 0 Å². The SMILES string of the molecule is C=CCn1c(S[C@H](C)C(=O)NCc2ccccc2)nnc1-c1ccccc1. The molecule has 1 heterocycles. The van der Waals surface area contributed by atoms with Crippen molar-refractivity contribution >= 4 is 17.7 Å². The molecule has 0 aliphatic carbocycles. The Kier molecular flexibility index (Phi) is 6.44. The van der Waals surface area contributed by atoms with Crippen LogP contribution in [0.1, 0.15) is 12.5 Å². The van der Waals surface area contributed by atoms with E-state index in [0.29, 0.717) is 18.2 Å². The highest BCUT2D eigenvalue weighted by Crippen LogP contribution is 2.26. The smallest absolute Gasteiger partial charge is 0.233 e. The standard InChI is InChI=1S/C21H22N4OS/c1-3-14-25-19(18-12-8-5-9-13-18)23-24-21(25)27-16(2)20(26)22-15-17-10-6-4-7-11-17/h3-13,16H,1,14-15H2,2H3,(H,22,26)/t16-/m1/s1. The Morgan fingerprint density at radius 1 is 1.15 bits per heavy atom. The summed E-state index contributed by atoms with van der Waals surface area (Å²) < 4.78 is 1.98. The maximum Gasteiger partial charge on any atom is 0.233 e. The molecule has 27 heavy (non-hydrogen) atoms. The van der Waals surface area contributed by atoms with Crippen molar-refractivity contribution in [2.24, 2.45) is 0 Å². The number of hydrogen-bond donors (Lipinski definition) is 1. The van der Waals surface area contributed by atoms with Crippen LogP contribution < -0.4 is 5.32 Å². The molecule has 1 aromatic heterocycles. The summed E-state index contributed by atoms with van der Waals surface area (Å²) >= 11 is 1.40. The fourth-order valence-corrected chi connectivity index (χ4v) is 3.49. The second-order valence-electron chi connectivity index (χ2n) is 6.03. The number of benzene rings is 2. The molecular weight excluding hydrogens is 356 g/mol. The molecule has 6 heteroatoms. The highest BCUT2D eigenvalue weighted by Gasteiger charge is 2.20. The van der Waals surface area contributed by atoms with E-state index >= 15 is 0 Å². The van der Waals surface area contributed by atoms with Gasteiger partial charge in [-0.2, -0.15) is 0 Å². The maximum atomic E-state index is 12.5. The van der Waals surface area contributed by atoms with Crippen LogP contribution in [0.15, 0.2) is 78.5 Å². The molecule has 3 rings (SSSR count). The topological polar surface area (TPSA) is 59.8 Å². The summed E-state index contributed by atoms with van der Waals surface area (Å²) in [7, 11) is 0. The number of rotatable bonds is 8. The van der Waals surface area contributed by atoms with Crippen LogP contribution in [0, 0.1) is 0 Å². The summed E-state index contributed by atoms with van der Waals surface area (Å²) in [6.45, 7) is 6.79. The van der Waals surface area contributed by atoms with E-state index in [0.717, 1.165) is 17.0 Å². The van der Waals surface area contributed by atoms with Gasteiger partial charge in [0.15, 0.2) is 11.0 Å². The number of allylic oxidation sites excluding steroid dienone is 1. The van der Waals surface area contributed by atoms with Gasteiger partial charge in [0.25, 0.3) is 0 Å². The van der Waals surface area contributed by atoms with Gasteiger partial charge in [-0.05, 0) is 12.5 Å². The van der Waals surface area contributed by atoms with Gasteiger partial charge in [-0.3, -0.25) is 9.36 Å². The van der Waals surface area contributed by atoms with Gasteiger partial charge in [-0.1, -0.05) is 78.5 Å². The first-order chi connectivity index (χ1) is 13.2. The van der Waals surface area contributed by atoms with E-state index in [9.17, 15) is 4.79 Å². The minimum Gasteiger partial charge on any atom is -0.351 e. The summed E-state index contributed by atoms with van der Waals surface area (Å²) in [6.07, 6.45) is 1.81. The molecule has 2 aromatic carbocycles. The molecule has 0 spiro atoms. The van der Waals surface area contributed by atoms with Gasteiger partial charge in [-0.15, -0.1) is 16.8 Å². The Labute approximate surface area is 163 Å². The van der Waals surface area contributed by atoms with E-state index in [1.165, 1.54) is 11.8 Å². The van der Waals surface area contributed by atoms with E-state index in [4.69, 9.17) is 0 Å². The number of thioether (sulfide) groups is 1. The van der Waals surface area contributed by atoms with Crippen LogP contribution in [0.25, 0.3) is 11.4 Å². The molecule has 0 radical (unpaired) electrons. The van der Waals surface area contributed by atoms with Crippen molar-refractivity contribution in [3.05, 3.63) is 78.9 Å². The summed E-state index contributed by atoms with van der Waals surface area (Å²) in [5, 5.41) is 12.0. The summed E-state index contributed by atoms with van der Waals surface area (Å²) in [4.78, 5) is 12.5. The minimum absolute atomic E-state index is 0.0294. The molecule has 0 aliphatic heterocycles. The summed E-state index contributed by atoms with van der Waals surface area (Å²) in [6, 6.07) is 19.7. The zero-order valence-electron chi connectivity index (χ0n) is 15.2. The molecule has 138 valence electrons. The van der Waals surface area contributed by atoms with Crippen molar-refractivity contribution in [1.82, 2.24) is 20.1 Å². The molecule has 0 fully saturated rings. The molecule has 1 amide bonds. The number of aromatic nitrogens is 3. The molecule has 0 saturated carbocycles. The van der Waals surface area contributed by atoms with Crippen molar-refractivity contribution in [3.63, 3.8) is 0 Å². The third-order valence-electron chi connectivity index (χ3n) is 4.02. The van der Waals surface area contributed by atoms with Gasteiger partial charge in [0.2, 0.25) is 5.91 Å². The molecule has 5 nitrogen and oxygen atoms in total. The van der Waals surface area contributed by atoms with Crippen LogP contribution in [0.4, 0.5) is 0 Å². The van der Waals surface area contributed by atoms with Crippen LogP contribution in [0.5, 0.6) is 0 Å². The lowest BCUT2D eigenvalue weighted by Gasteiger charge is -2.13. The second-order valence-corrected chi connectivity index (χ2v) is 7.34. The quantitative estimate of drug-likeness (QED) is 0.477. The third-order valence-corrected chi connectivity index (χ3v) is 5.10. The largest absolute Gasteiger partial charge is 0.351 e. The number of carbonyl (C=O) groups is 1. The van der Waals surface area contributed by atoms with Gasteiger partial charge < -0.3 is 5.32 Å². The first-order valence-corrected chi connectivity index (χ1v) is 9.65. The molecule has 0 unspecified atom stereocenters. The zero-order valence-corrected chi connectivity index (χ0v) is 16.0. The van der Waals surface area contributed by atoms with Gasteiger partial charge in [0.1, 0.15) is 0 Å². The summed E-state index contributed by atoms with van der Waals surface area (Å²) in [5.74, 6) is 0.744. The van der Waals surface area contributed by atoms with Crippen molar-refractivity contribution in [3.8, 4) is 11.4 Å². The highest BCUT2D eigenvalue weighted by molar-refractivity contribution is 8.00. The first kappa shape index (κ1) is 18.9. The van der Waals surface area contributed by atoms with Gasteiger partial charge in [0, 0.05) is 18.7 Å². The zero-order chi connectivity index (χ0) is 19.1. The Bertz CT molecular complexity index is 893. The van der Waals surface area contributed by atoms with E-state index in [-0.39, 0.29) is 11.2 Å². The average molecular weight is 379 g/mol. The number of nitrogens with one attached hydrogen (secondary N) is 1. The van der Waals surface area contributed by atoms with Crippen LogP contribution in [0.2, 0.25) is 0 Å². The van der Waals surface area contributed by atoms with Crippen LogP contribution in [0.3, 0.4) is 0 Å². The predicted molar refractivity (Wildman–Crippen MR) is 109 cm³/mol. The maximum absolute atomic E-state index is 12.5. The van der Waals surface area contributed by atoms with Crippen molar-refractivity contribution in [1.29, 1.82) is 0 Å². The van der Waals surface area contributed by atoms with Crippen molar-refractivity contribution in [2.45, 2.75) is 30.4 Å². The van der Waals surface area contributed by atoms with E-state index in [1.807, 2.05) is 72.2 Å². The lowest BCUT2D eigenvalue weighted by atomic mass is 10.2. The Morgan fingerprint density at radius 3 is 2.48 bits per heavy atom. The van der Waals surface area contributed by atoms with Gasteiger partial charge in [0.05, 0.1) is 5.25 Å². The normalized spacial score (nSPS) is 11.7. The lowest BCUT2D eigenvalue weighted by molar-refractivity contribution is -0.120. The molecule has 1 atom stereocenters. The molecule has 3 aromatic rings. The van der Waals surface area contributed by atoms with E-state index in [2.05, 4.69) is 22.1 Å². The number of amides is 1. The first-order valence-electron chi connectivity index (χ1n) is 8.77. The molecule has 1 N–H and O–H groups in total. The minimum atomic E-state index is -0.287. The predicted octanol–water partition coefficient (Wildman–Crippen LogP) is 3.93. The van der Waals surface area contributed by atoms with Crippen LogP contribution >= 0.6 is 11.8 Å². The Balaban J connectivity index is 1.70. The number of carbonyl (C=O) groups excluding carboxylic acids is 1. The van der Waals surface area contributed by atoms with Crippen LogP contribution in [-0.2, 0) is 17.9 Å². The summed E-state index contributed by atoms with van der Waals surface area (Å²) in [5.41, 5.74) is 2.06. The Hall–Kier alpha value is -2.86. The molecule has 0 saturated heterocycles. The van der Waals surface area contributed by atoms with E-state index < -0.39 is 0 Å². The molecular formula is C21H22N4OS. The fraction of sp³-hybridized carbons (Fsp3) is 0.190. The second kappa shape index (κ2) is 9.19. The number of hydrogen-bond acceptors (Lipinski definition) is 4. The van der Waals surface area contributed by atoms with Crippen LogP contribution in [-0.4, -0.2) is 25.9 Å².